The van der Waals surface area contributed by atoms with Crippen molar-refractivity contribution in [2.24, 2.45) is 0 Å². The average Bonchev–Trinajstić information content (AvgIpc) is 2.38. The standard InChI is InChI=1S/C13H22N2O2/c1-4-6-17-10-13(15-5-2)11-7-12(16-3)9-14-8-11/h7-9,13,15H,4-6,10H2,1-3H3. The number of likely N-dealkylation sites (N-methyl/N-ethyl adjacent to an activating group) is 1. The van der Waals surface area contributed by atoms with Crippen LogP contribution in [0.1, 0.15) is 31.9 Å². The fourth-order valence-electron chi connectivity index (χ4n) is 1.60. The normalized spacial score (nSPS) is 12.4. The van der Waals surface area contributed by atoms with Crippen molar-refractivity contribution in [3.63, 3.8) is 0 Å². The minimum Gasteiger partial charge on any atom is -0.495 e. The molecule has 0 spiro atoms. The summed E-state index contributed by atoms with van der Waals surface area (Å²) in [6.07, 6.45) is 4.60. The SMILES string of the molecule is CCCOCC(NCC)c1cncc(OC)c1. The summed E-state index contributed by atoms with van der Waals surface area (Å²) in [7, 11) is 1.65. The van der Waals surface area contributed by atoms with E-state index in [0.717, 1.165) is 30.9 Å². The first-order valence-electron chi connectivity index (χ1n) is 6.11. The molecule has 0 aromatic carbocycles. The van der Waals surface area contributed by atoms with Gasteiger partial charge in [0, 0.05) is 12.8 Å². The molecule has 0 fully saturated rings. The number of rotatable bonds is 8. The molecule has 96 valence electrons. The molecule has 1 atom stereocenters. The van der Waals surface area contributed by atoms with Gasteiger partial charge in [-0.05, 0) is 24.6 Å². The third-order valence-corrected chi connectivity index (χ3v) is 2.46. The Balaban J connectivity index is 2.66. The van der Waals surface area contributed by atoms with E-state index in [1.165, 1.54) is 0 Å². The van der Waals surface area contributed by atoms with Gasteiger partial charge in [0.1, 0.15) is 5.75 Å². The maximum Gasteiger partial charge on any atom is 0.137 e. The minimum absolute atomic E-state index is 0.175. The number of hydrogen-bond acceptors (Lipinski definition) is 4. The van der Waals surface area contributed by atoms with Crippen LogP contribution in [0.5, 0.6) is 5.75 Å². The molecule has 17 heavy (non-hydrogen) atoms. The Morgan fingerprint density at radius 1 is 1.35 bits per heavy atom. The van der Waals surface area contributed by atoms with Gasteiger partial charge in [0.15, 0.2) is 0 Å². The van der Waals surface area contributed by atoms with Gasteiger partial charge in [-0.15, -0.1) is 0 Å². The Labute approximate surface area is 103 Å². The fraction of sp³-hybridized carbons (Fsp3) is 0.615. The summed E-state index contributed by atoms with van der Waals surface area (Å²) in [5.74, 6) is 0.779. The molecule has 1 aromatic rings. The molecule has 0 saturated carbocycles. The van der Waals surface area contributed by atoms with E-state index in [0.29, 0.717) is 6.61 Å². The molecule has 0 aliphatic rings. The van der Waals surface area contributed by atoms with Gasteiger partial charge in [-0.2, -0.15) is 0 Å². The third kappa shape index (κ3) is 4.71. The van der Waals surface area contributed by atoms with E-state index in [9.17, 15) is 0 Å². The van der Waals surface area contributed by atoms with Crippen LogP contribution in [0, 0.1) is 0 Å². The number of aromatic nitrogens is 1. The molecule has 0 aliphatic carbocycles. The Hall–Kier alpha value is -1.13. The zero-order valence-electron chi connectivity index (χ0n) is 10.9. The molecule has 4 heteroatoms. The van der Waals surface area contributed by atoms with Crippen molar-refractivity contribution in [3.05, 3.63) is 24.0 Å². The van der Waals surface area contributed by atoms with Gasteiger partial charge in [0.05, 0.1) is 26.0 Å². The molecular weight excluding hydrogens is 216 g/mol. The van der Waals surface area contributed by atoms with E-state index >= 15 is 0 Å². The summed E-state index contributed by atoms with van der Waals surface area (Å²) in [5.41, 5.74) is 1.10. The average molecular weight is 238 g/mol. The van der Waals surface area contributed by atoms with E-state index in [-0.39, 0.29) is 6.04 Å². The Kier molecular flexibility index (Phi) is 6.58. The summed E-state index contributed by atoms with van der Waals surface area (Å²) in [5, 5.41) is 3.39. The highest BCUT2D eigenvalue weighted by atomic mass is 16.5. The smallest absolute Gasteiger partial charge is 0.137 e. The highest BCUT2D eigenvalue weighted by Gasteiger charge is 2.11. The first kappa shape index (κ1) is 13.9. The lowest BCUT2D eigenvalue weighted by Gasteiger charge is -2.18. The lowest BCUT2D eigenvalue weighted by atomic mass is 10.1. The molecule has 1 aromatic heterocycles. The lowest BCUT2D eigenvalue weighted by Crippen LogP contribution is -2.25. The van der Waals surface area contributed by atoms with E-state index in [1.807, 2.05) is 12.3 Å². The lowest BCUT2D eigenvalue weighted by molar-refractivity contribution is 0.112. The second-order valence-electron chi connectivity index (χ2n) is 3.84. The maximum absolute atomic E-state index is 5.59. The first-order valence-corrected chi connectivity index (χ1v) is 6.11. The summed E-state index contributed by atoms with van der Waals surface area (Å²) in [6.45, 7) is 6.54. The predicted octanol–water partition coefficient (Wildman–Crippen LogP) is 2.17. The Morgan fingerprint density at radius 2 is 2.18 bits per heavy atom. The summed E-state index contributed by atoms with van der Waals surface area (Å²) >= 11 is 0. The zero-order chi connectivity index (χ0) is 12.5. The molecule has 4 nitrogen and oxygen atoms in total. The Bertz CT molecular complexity index is 318. The van der Waals surface area contributed by atoms with E-state index < -0.39 is 0 Å². The molecule has 0 saturated heterocycles. The number of methoxy groups -OCH3 is 1. The summed E-state index contributed by atoms with van der Waals surface area (Å²) in [4.78, 5) is 4.17. The largest absolute Gasteiger partial charge is 0.495 e. The van der Waals surface area contributed by atoms with Crippen LogP contribution >= 0.6 is 0 Å². The molecular formula is C13H22N2O2. The van der Waals surface area contributed by atoms with Gasteiger partial charge in [-0.1, -0.05) is 13.8 Å². The molecule has 0 amide bonds. The highest BCUT2D eigenvalue weighted by molar-refractivity contribution is 5.26. The summed E-state index contributed by atoms with van der Waals surface area (Å²) in [6, 6.07) is 2.17. The van der Waals surface area contributed by atoms with Crippen LogP contribution in [0.25, 0.3) is 0 Å². The van der Waals surface area contributed by atoms with Crippen molar-refractivity contribution in [2.45, 2.75) is 26.3 Å². The van der Waals surface area contributed by atoms with Gasteiger partial charge in [-0.25, -0.2) is 0 Å². The van der Waals surface area contributed by atoms with Gasteiger partial charge < -0.3 is 14.8 Å². The zero-order valence-corrected chi connectivity index (χ0v) is 10.9. The van der Waals surface area contributed by atoms with Crippen molar-refractivity contribution in [2.75, 3.05) is 26.9 Å². The molecule has 0 radical (unpaired) electrons. The van der Waals surface area contributed by atoms with Gasteiger partial charge in [-0.3, -0.25) is 4.98 Å². The van der Waals surface area contributed by atoms with Crippen LogP contribution in [-0.2, 0) is 4.74 Å². The quantitative estimate of drug-likeness (QED) is 0.705. The molecule has 1 rings (SSSR count). The number of pyridine rings is 1. The van der Waals surface area contributed by atoms with Crippen LogP contribution in [-0.4, -0.2) is 31.9 Å². The van der Waals surface area contributed by atoms with Crippen molar-refractivity contribution in [1.82, 2.24) is 10.3 Å². The van der Waals surface area contributed by atoms with Crippen LogP contribution in [0.15, 0.2) is 18.5 Å². The second-order valence-corrected chi connectivity index (χ2v) is 3.84. The predicted molar refractivity (Wildman–Crippen MR) is 68.3 cm³/mol. The number of nitrogens with zero attached hydrogens (tertiary/aromatic N) is 1. The fourth-order valence-corrected chi connectivity index (χ4v) is 1.60. The van der Waals surface area contributed by atoms with Crippen LogP contribution < -0.4 is 10.1 Å². The van der Waals surface area contributed by atoms with Gasteiger partial charge >= 0.3 is 0 Å². The molecule has 1 N–H and O–H groups in total. The van der Waals surface area contributed by atoms with Gasteiger partial charge in [0.25, 0.3) is 0 Å². The molecule has 1 heterocycles. The number of ether oxygens (including phenoxy) is 2. The van der Waals surface area contributed by atoms with Crippen LogP contribution in [0.3, 0.4) is 0 Å². The molecule has 0 bridgehead atoms. The Morgan fingerprint density at radius 3 is 2.82 bits per heavy atom. The first-order chi connectivity index (χ1) is 8.31. The van der Waals surface area contributed by atoms with E-state index in [4.69, 9.17) is 9.47 Å². The monoisotopic (exact) mass is 238 g/mol. The van der Waals surface area contributed by atoms with Crippen LogP contribution in [0.2, 0.25) is 0 Å². The van der Waals surface area contributed by atoms with Crippen molar-refractivity contribution < 1.29 is 9.47 Å². The van der Waals surface area contributed by atoms with Crippen LogP contribution in [0.4, 0.5) is 0 Å². The second kappa shape index (κ2) is 8.03. The highest BCUT2D eigenvalue weighted by Crippen LogP contribution is 2.17. The minimum atomic E-state index is 0.175. The number of nitrogens with one attached hydrogen (secondary N) is 1. The molecule has 1 unspecified atom stereocenters. The topological polar surface area (TPSA) is 43.4 Å². The third-order valence-electron chi connectivity index (χ3n) is 2.46. The number of hydrogen-bond donors (Lipinski definition) is 1. The van der Waals surface area contributed by atoms with Gasteiger partial charge in [0.2, 0.25) is 0 Å². The van der Waals surface area contributed by atoms with E-state index in [2.05, 4.69) is 24.1 Å². The van der Waals surface area contributed by atoms with Crippen molar-refractivity contribution in [3.8, 4) is 5.75 Å². The van der Waals surface area contributed by atoms with E-state index in [1.54, 1.807) is 13.3 Å². The molecule has 0 aliphatic heterocycles. The maximum atomic E-state index is 5.59. The summed E-state index contributed by atoms with van der Waals surface area (Å²) < 4.78 is 10.8. The van der Waals surface area contributed by atoms with Crippen molar-refractivity contribution in [1.29, 1.82) is 0 Å². The van der Waals surface area contributed by atoms with Crippen molar-refractivity contribution >= 4 is 0 Å².